The van der Waals surface area contributed by atoms with E-state index in [-0.39, 0.29) is 11.8 Å². The van der Waals surface area contributed by atoms with Gasteiger partial charge >= 0.3 is 0 Å². The molecule has 0 radical (unpaired) electrons. The Morgan fingerprint density at radius 1 is 1.04 bits per heavy atom. The number of carbonyl (C=O) groups is 2. The number of benzene rings is 2. The average Bonchev–Trinajstić information content (AvgIpc) is 3.39. The van der Waals surface area contributed by atoms with Crippen LogP contribution in [0.2, 0.25) is 0 Å². The number of hydrogen-bond donors (Lipinski definition) is 1. The lowest BCUT2D eigenvalue weighted by atomic mass is 10.1. The van der Waals surface area contributed by atoms with Crippen LogP contribution in [0.5, 0.6) is 0 Å². The molecule has 2 aromatic carbocycles. The summed E-state index contributed by atoms with van der Waals surface area (Å²) in [5.41, 5.74) is 2.15. The molecule has 2 amide bonds. The summed E-state index contributed by atoms with van der Waals surface area (Å²) in [5.74, 6) is -0.192. The van der Waals surface area contributed by atoms with E-state index in [4.69, 9.17) is 0 Å². The molecule has 0 atom stereocenters. The van der Waals surface area contributed by atoms with Crippen LogP contribution in [0.3, 0.4) is 0 Å². The largest absolute Gasteiger partial charge is 0.349 e. The minimum atomic E-state index is -0.104. The van der Waals surface area contributed by atoms with E-state index in [0.29, 0.717) is 23.7 Å². The fourth-order valence-corrected chi connectivity index (χ4v) is 2.44. The SMILES string of the molecule is CN(Cc1ccccc1)C(=O)c1cccc(C(=O)NC2CC2)c1. The van der Waals surface area contributed by atoms with Crippen molar-refractivity contribution >= 4 is 11.8 Å². The summed E-state index contributed by atoms with van der Waals surface area (Å²) < 4.78 is 0. The number of carbonyl (C=O) groups excluding carboxylic acids is 2. The number of nitrogens with one attached hydrogen (secondary N) is 1. The van der Waals surface area contributed by atoms with Crippen molar-refractivity contribution in [2.24, 2.45) is 0 Å². The van der Waals surface area contributed by atoms with Crippen molar-refractivity contribution in [2.75, 3.05) is 7.05 Å². The zero-order valence-corrected chi connectivity index (χ0v) is 13.2. The summed E-state index contributed by atoms with van der Waals surface area (Å²) in [7, 11) is 1.77. The van der Waals surface area contributed by atoms with E-state index in [1.807, 2.05) is 30.3 Å². The second kappa shape index (κ2) is 6.65. The Morgan fingerprint density at radius 3 is 2.43 bits per heavy atom. The van der Waals surface area contributed by atoms with Crippen LogP contribution in [0.4, 0.5) is 0 Å². The van der Waals surface area contributed by atoms with Crippen LogP contribution in [0.15, 0.2) is 54.6 Å². The molecule has 0 saturated heterocycles. The molecule has 1 saturated carbocycles. The first kappa shape index (κ1) is 15.3. The van der Waals surface area contributed by atoms with Crippen molar-refractivity contribution in [3.8, 4) is 0 Å². The van der Waals surface area contributed by atoms with E-state index < -0.39 is 0 Å². The van der Waals surface area contributed by atoms with Crippen molar-refractivity contribution < 1.29 is 9.59 Å². The van der Waals surface area contributed by atoms with Gasteiger partial charge in [0.25, 0.3) is 11.8 Å². The molecular weight excluding hydrogens is 288 g/mol. The highest BCUT2D eigenvalue weighted by Gasteiger charge is 2.24. The molecule has 118 valence electrons. The van der Waals surface area contributed by atoms with Crippen LogP contribution in [-0.4, -0.2) is 29.8 Å². The molecule has 0 unspecified atom stereocenters. The molecule has 0 aliphatic heterocycles. The van der Waals surface area contributed by atoms with Crippen molar-refractivity contribution in [1.82, 2.24) is 10.2 Å². The number of rotatable bonds is 5. The van der Waals surface area contributed by atoms with E-state index in [9.17, 15) is 9.59 Å². The maximum atomic E-state index is 12.6. The van der Waals surface area contributed by atoms with Crippen LogP contribution in [0.1, 0.15) is 39.1 Å². The van der Waals surface area contributed by atoms with Crippen molar-refractivity contribution in [2.45, 2.75) is 25.4 Å². The second-order valence-electron chi connectivity index (χ2n) is 5.98. The zero-order chi connectivity index (χ0) is 16.2. The third-order valence-electron chi connectivity index (χ3n) is 3.89. The molecular formula is C19H20N2O2. The number of nitrogens with zero attached hydrogens (tertiary/aromatic N) is 1. The van der Waals surface area contributed by atoms with Gasteiger partial charge in [-0.2, -0.15) is 0 Å². The van der Waals surface area contributed by atoms with Gasteiger partial charge in [0.05, 0.1) is 0 Å². The molecule has 3 rings (SSSR count). The summed E-state index contributed by atoms with van der Waals surface area (Å²) in [6.45, 7) is 0.540. The first-order valence-electron chi connectivity index (χ1n) is 7.84. The summed E-state index contributed by atoms with van der Waals surface area (Å²) in [4.78, 5) is 26.3. The monoisotopic (exact) mass is 308 g/mol. The Labute approximate surface area is 136 Å². The van der Waals surface area contributed by atoms with E-state index in [1.54, 1.807) is 36.2 Å². The second-order valence-corrected chi connectivity index (χ2v) is 5.98. The molecule has 0 aromatic heterocycles. The Bertz CT molecular complexity index is 708. The van der Waals surface area contributed by atoms with E-state index in [1.165, 1.54) is 0 Å². The van der Waals surface area contributed by atoms with Crippen LogP contribution in [0.25, 0.3) is 0 Å². The van der Waals surface area contributed by atoms with Gasteiger partial charge in [0.1, 0.15) is 0 Å². The zero-order valence-electron chi connectivity index (χ0n) is 13.2. The normalized spacial score (nSPS) is 13.4. The van der Waals surface area contributed by atoms with Gasteiger partial charge in [-0.25, -0.2) is 0 Å². The van der Waals surface area contributed by atoms with Gasteiger partial charge in [-0.15, -0.1) is 0 Å². The Hall–Kier alpha value is -2.62. The summed E-state index contributed by atoms with van der Waals surface area (Å²) in [6.07, 6.45) is 2.09. The van der Waals surface area contributed by atoms with Gasteiger partial charge in [-0.1, -0.05) is 36.4 Å². The molecule has 1 aliphatic carbocycles. The fourth-order valence-electron chi connectivity index (χ4n) is 2.44. The molecule has 0 spiro atoms. The van der Waals surface area contributed by atoms with Gasteiger partial charge in [0, 0.05) is 30.8 Å². The first-order chi connectivity index (χ1) is 11.1. The summed E-state index contributed by atoms with van der Waals surface area (Å²) in [6, 6.07) is 17.1. The van der Waals surface area contributed by atoms with Gasteiger partial charge in [-0.3, -0.25) is 9.59 Å². The predicted molar refractivity (Wildman–Crippen MR) is 89.2 cm³/mol. The summed E-state index contributed by atoms with van der Waals surface area (Å²) in [5, 5.41) is 2.94. The molecule has 23 heavy (non-hydrogen) atoms. The van der Waals surface area contributed by atoms with Gasteiger partial charge < -0.3 is 10.2 Å². The van der Waals surface area contributed by atoms with Crippen LogP contribution < -0.4 is 5.32 Å². The lowest BCUT2D eigenvalue weighted by molar-refractivity contribution is 0.0785. The quantitative estimate of drug-likeness (QED) is 0.923. The topological polar surface area (TPSA) is 49.4 Å². The molecule has 1 aliphatic rings. The molecule has 0 heterocycles. The molecule has 4 nitrogen and oxygen atoms in total. The Kier molecular flexibility index (Phi) is 4.42. The molecule has 1 N–H and O–H groups in total. The smallest absolute Gasteiger partial charge is 0.253 e. The van der Waals surface area contributed by atoms with Crippen molar-refractivity contribution in [3.63, 3.8) is 0 Å². The van der Waals surface area contributed by atoms with Crippen molar-refractivity contribution in [1.29, 1.82) is 0 Å². The summed E-state index contributed by atoms with van der Waals surface area (Å²) >= 11 is 0. The van der Waals surface area contributed by atoms with E-state index >= 15 is 0 Å². The highest BCUT2D eigenvalue weighted by molar-refractivity contribution is 5.99. The minimum Gasteiger partial charge on any atom is -0.349 e. The molecule has 2 aromatic rings. The van der Waals surface area contributed by atoms with E-state index in [0.717, 1.165) is 18.4 Å². The van der Waals surface area contributed by atoms with Crippen molar-refractivity contribution in [3.05, 3.63) is 71.3 Å². The Morgan fingerprint density at radius 2 is 1.74 bits per heavy atom. The average molecular weight is 308 g/mol. The van der Waals surface area contributed by atoms with Gasteiger partial charge in [0.15, 0.2) is 0 Å². The lowest BCUT2D eigenvalue weighted by Crippen LogP contribution is -2.28. The first-order valence-corrected chi connectivity index (χ1v) is 7.84. The third kappa shape index (κ3) is 3.97. The highest BCUT2D eigenvalue weighted by atomic mass is 16.2. The van der Waals surface area contributed by atoms with Crippen LogP contribution >= 0.6 is 0 Å². The number of amides is 2. The molecule has 0 bridgehead atoms. The standard InChI is InChI=1S/C19H20N2O2/c1-21(13-14-6-3-2-4-7-14)19(23)16-9-5-8-15(12-16)18(22)20-17-10-11-17/h2-9,12,17H,10-11,13H2,1H3,(H,20,22). The maximum absolute atomic E-state index is 12.6. The Balaban J connectivity index is 1.69. The minimum absolute atomic E-state index is 0.0880. The maximum Gasteiger partial charge on any atom is 0.253 e. The van der Waals surface area contributed by atoms with Gasteiger partial charge in [-0.05, 0) is 36.6 Å². The third-order valence-corrected chi connectivity index (χ3v) is 3.89. The molecule has 1 fully saturated rings. The predicted octanol–water partition coefficient (Wildman–Crippen LogP) is 2.85. The van der Waals surface area contributed by atoms with Crippen LogP contribution in [0, 0.1) is 0 Å². The van der Waals surface area contributed by atoms with Crippen LogP contribution in [-0.2, 0) is 6.54 Å². The van der Waals surface area contributed by atoms with E-state index in [2.05, 4.69) is 5.32 Å². The lowest BCUT2D eigenvalue weighted by Gasteiger charge is -2.17. The number of hydrogen-bond acceptors (Lipinski definition) is 2. The fraction of sp³-hybridized carbons (Fsp3) is 0.263. The molecule has 4 heteroatoms. The highest BCUT2D eigenvalue weighted by Crippen LogP contribution is 2.19. The van der Waals surface area contributed by atoms with Gasteiger partial charge in [0.2, 0.25) is 0 Å².